The Balaban J connectivity index is 2.39. The van der Waals surface area contributed by atoms with Crippen molar-refractivity contribution in [1.29, 1.82) is 0 Å². The van der Waals surface area contributed by atoms with Gasteiger partial charge in [-0.1, -0.05) is 49.7 Å². The molecule has 0 spiro atoms. The summed E-state index contributed by atoms with van der Waals surface area (Å²) in [5, 5.41) is 2.86. The van der Waals surface area contributed by atoms with Gasteiger partial charge in [0.05, 0.1) is 19.1 Å². The van der Waals surface area contributed by atoms with Gasteiger partial charge in [0.25, 0.3) is 0 Å². The van der Waals surface area contributed by atoms with Crippen LogP contribution in [0.1, 0.15) is 37.8 Å². The highest BCUT2D eigenvalue weighted by Gasteiger charge is 2.31. The van der Waals surface area contributed by atoms with Gasteiger partial charge in [-0.3, -0.25) is 13.9 Å². The summed E-state index contributed by atoms with van der Waals surface area (Å²) in [4.78, 5) is 27.7. The molecule has 0 fully saturated rings. The number of aryl methyl sites for hydroxylation is 1. The van der Waals surface area contributed by atoms with Crippen LogP contribution in [0.5, 0.6) is 5.75 Å². The monoisotopic (exact) mass is 489 g/mol. The molecule has 9 heteroatoms. The molecule has 2 aromatic rings. The molecule has 34 heavy (non-hydrogen) atoms. The first-order chi connectivity index (χ1) is 16.1. The fraction of sp³-hybridized carbons (Fsp3) is 0.440. The summed E-state index contributed by atoms with van der Waals surface area (Å²) in [6.45, 7) is 5.74. The molecule has 1 atom stereocenters. The van der Waals surface area contributed by atoms with E-state index in [9.17, 15) is 18.0 Å². The Kier molecular flexibility index (Phi) is 9.92. The van der Waals surface area contributed by atoms with Crippen molar-refractivity contribution < 1.29 is 22.7 Å². The van der Waals surface area contributed by atoms with Crippen molar-refractivity contribution in [3.8, 4) is 5.75 Å². The van der Waals surface area contributed by atoms with Crippen molar-refractivity contribution in [2.45, 2.75) is 46.2 Å². The third-order valence-corrected chi connectivity index (χ3v) is 6.60. The zero-order chi connectivity index (χ0) is 25.3. The van der Waals surface area contributed by atoms with E-state index in [0.29, 0.717) is 12.3 Å². The van der Waals surface area contributed by atoms with E-state index < -0.39 is 28.5 Å². The molecule has 2 aromatic carbocycles. The number of anilines is 1. The number of hydrogen-bond acceptors (Lipinski definition) is 5. The molecule has 0 saturated carbocycles. The van der Waals surface area contributed by atoms with E-state index in [1.807, 2.05) is 44.2 Å². The van der Waals surface area contributed by atoms with Gasteiger partial charge in [0.1, 0.15) is 18.3 Å². The third-order valence-electron chi connectivity index (χ3n) is 5.47. The van der Waals surface area contributed by atoms with Gasteiger partial charge in [0.2, 0.25) is 21.8 Å². The quantitative estimate of drug-likeness (QED) is 0.462. The summed E-state index contributed by atoms with van der Waals surface area (Å²) in [7, 11) is -2.38. The van der Waals surface area contributed by atoms with Crippen LogP contribution in [0.3, 0.4) is 0 Å². The lowest BCUT2D eigenvalue weighted by atomic mass is 10.1. The molecular formula is C25H35N3O5S. The van der Waals surface area contributed by atoms with Crippen LogP contribution in [0.4, 0.5) is 5.69 Å². The Bertz CT molecular complexity index is 1070. The third kappa shape index (κ3) is 7.48. The summed E-state index contributed by atoms with van der Waals surface area (Å²) in [6.07, 6.45) is 2.81. The molecule has 2 amide bonds. The molecule has 0 aliphatic rings. The Hall–Kier alpha value is -3.07. The standard InChI is InChI=1S/C25H35N3O5S/c1-6-7-15-26-25(30)20(3)27(17-21-11-9-8-10-12-21)24(29)18-28(34(5,31)32)22-16-19(2)13-14-23(22)33-4/h8-14,16,20H,6-7,15,17-18H2,1-5H3,(H,26,30). The predicted octanol–water partition coefficient (Wildman–Crippen LogP) is 3.10. The molecule has 2 rings (SSSR count). The molecule has 0 aliphatic heterocycles. The molecule has 0 saturated heterocycles. The normalized spacial score (nSPS) is 12.0. The molecule has 186 valence electrons. The van der Waals surface area contributed by atoms with Crippen LogP contribution >= 0.6 is 0 Å². The molecule has 0 heterocycles. The van der Waals surface area contributed by atoms with Gasteiger partial charge in [0.15, 0.2) is 0 Å². The van der Waals surface area contributed by atoms with Gasteiger partial charge in [-0.25, -0.2) is 8.42 Å². The Morgan fingerprint density at radius 3 is 2.38 bits per heavy atom. The highest BCUT2D eigenvalue weighted by atomic mass is 32.2. The number of unbranched alkanes of at least 4 members (excludes halogenated alkanes) is 1. The molecule has 1 unspecified atom stereocenters. The Morgan fingerprint density at radius 2 is 1.79 bits per heavy atom. The van der Waals surface area contributed by atoms with Crippen molar-refractivity contribution in [1.82, 2.24) is 10.2 Å². The number of carbonyl (C=O) groups is 2. The van der Waals surface area contributed by atoms with Crippen LogP contribution in [-0.4, -0.2) is 57.6 Å². The summed E-state index contributed by atoms with van der Waals surface area (Å²) in [6, 6.07) is 13.6. The predicted molar refractivity (Wildman–Crippen MR) is 134 cm³/mol. The second-order valence-electron chi connectivity index (χ2n) is 8.27. The van der Waals surface area contributed by atoms with E-state index in [0.717, 1.165) is 34.5 Å². The second-order valence-corrected chi connectivity index (χ2v) is 10.2. The average molecular weight is 490 g/mol. The van der Waals surface area contributed by atoms with Crippen molar-refractivity contribution in [2.24, 2.45) is 0 Å². The first-order valence-electron chi connectivity index (χ1n) is 11.3. The Morgan fingerprint density at radius 1 is 1.12 bits per heavy atom. The van der Waals surface area contributed by atoms with Crippen molar-refractivity contribution in [2.75, 3.05) is 30.8 Å². The van der Waals surface area contributed by atoms with Crippen molar-refractivity contribution in [3.63, 3.8) is 0 Å². The molecule has 1 N–H and O–H groups in total. The molecular weight excluding hydrogens is 454 g/mol. The molecule has 0 aromatic heterocycles. The minimum Gasteiger partial charge on any atom is -0.495 e. The van der Waals surface area contributed by atoms with E-state index in [-0.39, 0.29) is 18.1 Å². The van der Waals surface area contributed by atoms with Crippen molar-refractivity contribution >= 4 is 27.5 Å². The van der Waals surface area contributed by atoms with E-state index in [1.54, 1.807) is 25.1 Å². The first kappa shape index (κ1) is 27.2. The smallest absolute Gasteiger partial charge is 0.244 e. The lowest BCUT2D eigenvalue weighted by Gasteiger charge is -2.32. The van der Waals surface area contributed by atoms with Gasteiger partial charge in [-0.05, 0) is 43.5 Å². The van der Waals surface area contributed by atoms with Crippen LogP contribution in [0, 0.1) is 6.92 Å². The lowest BCUT2D eigenvalue weighted by Crippen LogP contribution is -2.51. The highest BCUT2D eigenvalue weighted by Crippen LogP contribution is 2.31. The van der Waals surface area contributed by atoms with Gasteiger partial charge in [-0.2, -0.15) is 0 Å². The number of methoxy groups -OCH3 is 1. The highest BCUT2D eigenvalue weighted by molar-refractivity contribution is 7.92. The topological polar surface area (TPSA) is 96.0 Å². The van der Waals surface area contributed by atoms with Crippen LogP contribution in [0.25, 0.3) is 0 Å². The number of nitrogens with zero attached hydrogens (tertiary/aromatic N) is 2. The first-order valence-corrected chi connectivity index (χ1v) is 13.2. The molecule has 0 radical (unpaired) electrons. The maximum Gasteiger partial charge on any atom is 0.244 e. The minimum atomic E-state index is -3.83. The molecule has 0 aliphatic carbocycles. The number of carbonyl (C=O) groups excluding carboxylic acids is 2. The fourth-order valence-corrected chi connectivity index (χ4v) is 4.33. The number of rotatable bonds is 12. The summed E-state index contributed by atoms with van der Waals surface area (Å²) in [5.74, 6) is -0.434. The number of amides is 2. The van der Waals surface area contributed by atoms with Crippen LogP contribution in [0.15, 0.2) is 48.5 Å². The van der Waals surface area contributed by atoms with E-state index >= 15 is 0 Å². The van der Waals surface area contributed by atoms with E-state index in [2.05, 4.69) is 5.32 Å². The number of ether oxygens (including phenoxy) is 1. The van der Waals surface area contributed by atoms with Gasteiger partial charge < -0.3 is 15.0 Å². The van der Waals surface area contributed by atoms with Crippen LogP contribution in [-0.2, 0) is 26.2 Å². The van der Waals surface area contributed by atoms with Gasteiger partial charge in [-0.15, -0.1) is 0 Å². The average Bonchev–Trinajstić information content (AvgIpc) is 2.80. The fourth-order valence-electron chi connectivity index (χ4n) is 3.49. The summed E-state index contributed by atoms with van der Waals surface area (Å²) in [5.41, 5.74) is 1.93. The van der Waals surface area contributed by atoms with Crippen LogP contribution < -0.4 is 14.4 Å². The van der Waals surface area contributed by atoms with Gasteiger partial charge in [0, 0.05) is 13.1 Å². The zero-order valence-corrected chi connectivity index (χ0v) is 21.4. The maximum atomic E-state index is 13.5. The number of benzene rings is 2. The molecule has 0 bridgehead atoms. The SMILES string of the molecule is CCCCNC(=O)C(C)N(Cc1ccccc1)C(=O)CN(c1cc(C)ccc1OC)S(C)(=O)=O. The Labute approximate surface area is 202 Å². The molecule has 8 nitrogen and oxygen atoms in total. The lowest BCUT2D eigenvalue weighted by molar-refractivity contribution is -0.139. The van der Waals surface area contributed by atoms with Crippen molar-refractivity contribution in [3.05, 3.63) is 59.7 Å². The van der Waals surface area contributed by atoms with Crippen LogP contribution in [0.2, 0.25) is 0 Å². The van der Waals surface area contributed by atoms with E-state index in [4.69, 9.17) is 4.74 Å². The largest absolute Gasteiger partial charge is 0.495 e. The zero-order valence-electron chi connectivity index (χ0n) is 20.6. The maximum absolute atomic E-state index is 13.5. The second kappa shape index (κ2) is 12.4. The minimum absolute atomic E-state index is 0.171. The summed E-state index contributed by atoms with van der Waals surface area (Å²) >= 11 is 0. The van der Waals surface area contributed by atoms with E-state index in [1.165, 1.54) is 12.0 Å². The number of nitrogens with one attached hydrogen (secondary N) is 1. The summed E-state index contributed by atoms with van der Waals surface area (Å²) < 4.78 is 31.8. The number of sulfonamides is 1. The van der Waals surface area contributed by atoms with Gasteiger partial charge >= 0.3 is 0 Å². The number of hydrogen-bond donors (Lipinski definition) is 1.